The van der Waals surface area contributed by atoms with E-state index >= 15 is 0 Å². The van der Waals surface area contributed by atoms with Gasteiger partial charge < -0.3 is 14.2 Å². The summed E-state index contributed by atoms with van der Waals surface area (Å²) in [4.78, 5) is 24.6. The van der Waals surface area contributed by atoms with Gasteiger partial charge in [0.1, 0.15) is 5.57 Å². The van der Waals surface area contributed by atoms with Crippen LogP contribution in [0.2, 0.25) is 0 Å². The molecule has 0 aromatic heterocycles. The van der Waals surface area contributed by atoms with Gasteiger partial charge >= 0.3 is 5.97 Å². The van der Waals surface area contributed by atoms with Crippen LogP contribution in [0.5, 0.6) is 0 Å². The summed E-state index contributed by atoms with van der Waals surface area (Å²) in [5.41, 5.74) is -0.312. The summed E-state index contributed by atoms with van der Waals surface area (Å²) < 4.78 is 15.9. The summed E-state index contributed by atoms with van der Waals surface area (Å²) in [5.74, 6) is -2.39. The van der Waals surface area contributed by atoms with E-state index < -0.39 is 17.5 Å². The number of carbonyl (C=O) groups excluding carboxylic acids is 2. The van der Waals surface area contributed by atoms with Crippen molar-refractivity contribution in [2.45, 2.75) is 19.1 Å². The molecule has 1 saturated heterocycles. The van der Waals surface area contributed by atoms with Crippen LogP contribution in [0.25, 0.3) is 0 Å². The number of hydrogen-bond acceptors (Lipinski definition) is 5. The van der Waals surface area contributed by atoms with Crippen molar-refractivity contribution in [1.82, 2.24) is 0 Å². The first-order chi connectivity index (χ1) is 9.48. The molecule has 0 spiro atoms. The average Bonchev–Trinajstić information content (AvgIpc) is 2.85. The SMILES string of the molecule is COC(=O)C1=C[C@@]2(C)CC=C[C@H]3CO[C@@](OC)(C1=O)[C@H]32. The molecule has 4 atom stereocenters. The van der Waals surface area contributed by atoms with Gasteiger partial charge in [0.05, 0.1) is 13.7 Å². The number of ether oxygens (including phenoxy) is 3. The van der Waals surface area contributed by atoms with Gasteiger partial charge in [-0.2, -0.15) is 0 Å². The van der Waals surface area contributed by atoms with E-state index in [-0.39, 0.29) is 22.8 Å². The minimum atomic E-state index is -1.36. The average molecular weight is 278 g/mol. The van der Waals surface area contributed by atoms with Crippen molar-refractivity contribution in [2.75, 3.05) is 20.8 Å². The fourth-order valence-corrected chi connectivity index (χ4v) is 3.88. The zero-order valence-corrected chi connectivity index (χ0v) is 11.8. The quantitative estimate of drug-likeness (QED) is 0.432. The van der Waals surface area contributed by atoms with E-state index in [1.54, 1.807) is 6.08 Å². The number of allylic oxidation sites excluding steroid dienone is 2. The van der Waals surface area contributed by atoms with Crippen molar-refractivity contribution in [1.29, 1.82) is 0 Å². The molecule has 0 aromatic rings. The zero-order valence-electron chi connectivity index (χ0n) is 11.8. The van der Waals surface area contributed by atoms with Crippen molar-refractivity contribution in [3.05, 3.63) is 23.8 Å². The number of esters is 1. The van der Waals surface area contributed by atoms with Crippen LogP contribution in [-0.2, 0) is 23.8 Å². The first-order valence-electron chi connectivity index (χ1n) is 6.70. The number of carbonyl (C=O) groups is 2. The van der Waals surface area contributed by atoms with E-state index in [0.29, 0.717) is 6.61 Å². The molecule has 20 heavy (non-hydrogen) atoms. The minimum absolute atomic E-state index is 0.0315. The fraction of sp³-hybridized carbons (Fsp3) is 0.600. The largest absolute Gasteiger partial charge is 0.465 e. The van der Waals surface area contributed by atoms with Crippen LogP contribution in [0, 0.1) is 17.3 Å². The molecular weight excluding hydrogens is 260 g/mol. The van der Waals surface area contributed by atoms with Gasteiger partial charge in [-0.05, 0) is 11.8 Å². The summed E-state index contributed by atoms with van der Waals surface area (Å²) >= 11 is 0. The highest BCUT2D eigenvalue weighted by atomic mass is 16.7. The van der Waals surface area contributed by atoms with Crippen LogP contribution in [-0.4, -0.2) is 38.4 Å². The molecule has 0 saturated carbocycles. The van der Waals surface area contributed by atoms with Crippen LogP contribution in [0.1, 0.15) is 13.3 Å². The van der Waals surface area contributed by atoms with E-state index in [0.717, 1.165) is 6.42 Å². The third-order valence-corrected chi connectivity index (χ3v) is 4.72. The Hall–Kier alpha value is -1.46. The molecule has 108 valence electrons. The zero-order chi connectivity index (χ0) is 14.5. The van der Waals surface area contributed by atoms with E-state index in [1.807, 2.05) is 6.92 Å². The first kappa shape index (κ1) is 13.5. The molecule has 2 aliphatic carbocycles. The van der Waals surface area contributed by atoms with Crippen LogP contribution in [0.4, 0.5) is 0 Å². The molecule has 0 bridgehead atoms. The summed E-state index contributed by atoms with van der Waals surface area (Å²) in [6.07, 6.45) is 6.65. The maximum atomic E-state index is 12.7. The van der Waals surface area contributed by atoms with Crippen molar-refractivity contribution in [3.63, 3.8) is 0 Å². The molecule has 0 unspecified atom stereocenters. The summed E-state index contributed by atoms with van der Waals surface area (Å²) in [6.45, 7) is 2.46. The maximum Gasteiger partial charge on any atom is 0.341 e. The van der Waals surface area contributed by atoms with Crippen molar-refractivity contribution in [3.8, 4) is 0 Å². The molecule has 1 fully saturated rings. The highest BCUT2D eigenvalue weighted by Gasteiger charge is 2.65. The number of rotatable bonds is 2. The van der Waals surface area contributed by atoms with Gasteiger partial charge in [-0.1, -0.05) is 25.2 Å². The van der Waals surface area contributed by atoms with Gasteiger partial charge in [-0.15, -0.1) is 0 Å². The lowest BCUT2D eigenvalue weighted by molar-refractivity contribution is -0.223. The van der Waals surface area contributed by atoms with Crippen LogP contribution in [0.3, 0.4) is 0 Å². The van der Waals surface area contributed by atoms with Crippen molar-refractivity contribution >= 4 is 11.8 Å². The van der Waals surface area contributed by atoms with Gasteiger partial charge in [0.15, 0.2) is 0 Å². The van der Waals surface area contributed by atoms with Gasteiger partial charge in [0.2, 0.25) is 11.6 Å². The number of ketones is 1. The Morgan fingerprint density at radius 3 is 2.85 bits per heavy atom. The predicted octanol–water partition coefficient (Wildman–Crippen LogP) is 1.24. The summed E-state index contributed by atoms with van der Waals surface area (Å²) in [7, 11) is 2.72. The topological polar surface area (TPSA) is 61.8 Å². The van der Waals surface area contributed by atoms with Crippen molar-refractivity contribution < 1.29 is 23.8 Å². The molecule has 1 heterocycles. The van der Waals surface area contributed by atoms with E-state index in [2.05, 4.69) is 12.2 Å². The highest BCUT2D eigenvalue weighted by Crippen LogP contribution is 2.57. The molecule has 5 nitrogen and oxygen atoms in total. The predicted molar refractivity (Wildman–Crippen MR) is 69.6 cm³/mol. The number of Topliss-reactive ketones (excluding diaryl/α,β-unsaturated/α-hetero) is 1. The van der Waals surface area contributed by atoms with Crippen LogP contribution < -0.4 is 0 Å². The highest BCUT2D eigenvalue weighted by molar-refractivity contribution is 6.21. The van der Waals surface area contributed by atoms with Gasteiger partial charge in [-0.3, -0.25) is 4.79 Å². The first-order valence-corrected chi connectivity index (χ1v) is 6.70. The molecule has 0 aromatic carbocycles. The normalized spacial score (nSPS) is 42.1. The van der Waals surface area contributed by atoms with Crippen LogP contribution >= 0.6 is 0 Å². The molecule has 0 amide bonds. The second kappa shape index (κ2) is 4.27. The lowest BCUT2D eigenvalue weighted by atomic mass is 9.59. The maximum absolute atomic E-state index is 12.7. The summed E-state index contributed by atoms with van der Waals surface area (Å²) in [6, 6.07) is 0. The van der Waals surface area contributed by atoms with Crippen molar-refractivity contribution in [2.24, 2.45) is 17.3 Å². The Bertz CT molecular complexity index is 534. The van der Waals surface area contributed by atoms with Gasteiger partial charge in [-0.25, -0.2) is 4.79 Å². The molecule has 0 radical (unpaired) electrons. The summed E-state index contributed by atoms with van der Waals surface area (Å²) in [5, 5.41) is 0. The number of hydrogen-bond donors (Lipinski definition) is 0. The molecule has 5 heteroatoms. The second-order valence-corrected chi connectivity index (χ2v) is 5.84. The van der Waals surface area contributed by atoms with Crippen LogP contribution in [0.15, 0.2) is 23.8 Å². The second-order valence-electron chi connectivity index (χ2n) is 5.84. The Morgan fingerprint density at radius 1 is 1.45 bits per heavy atom. The molecule has 1 aliphatic heterocycles. The third kappa shape index (κ3) is 1.50. The molecule has 0 N–H and O–H groups in total. The standard InChI is InChI=1S/C15H18O5/c1-14-6-4-5-9-8-20-15(19-3,11(9)14)12(16)10(7-14)13(17)18-2/h4-5,7,9,11H,6,8H2,1-3H3/t9-,11+,14+,15+/m0/s1. The number of methoxy groups -OCH3 is 2. The smallest absolute Gasteiger partial charge is 0.341 e. The van der Waals surface area contributed by atoms with Gasteiger partial charge in [0, 0.05) is 18.9 Å². The lowest BCUT2D eigenvalue weighted by Crippen LogP contribution is -2.57. The van der Waals surface area contributed by atoms with E-state index in [1.165, 1.54) is 14.2 Å². The third-order valence-electron chi connectivity index (χ3n) is 4.72. The Balaban J connectivity index is 2.18. The van der Waals surface area contributed by atoms with E-state index in [4.69, 9.17) is 14.2 Å². The fourth-order valence-electron chi connectivity index (χ4n) is 3.88. The van der Waals surface area contributed by atoms with E-state index in [9.17, 15) is 9.59 Å². The monoisotopic (exact) mass is 278 g/mol. The Morgan fingerprint density at radius 2 is 2.20 bits per heavy atom. The lowest BCUT2D eigenvalue weighted by Gasteiger charge is -2.47. The van der Waals surface area contributed by atoms with Gasteiger partial charge in [0.25, 0.3) is 0 Å². The molecule has 3 rings (SSSR count). The Kier molecular flexibility index (Phi) is 2.88. The minimum Gasteiger partial charge on any atom is -0.465 e. The molecule has 3 aliphatic rings. The molecular formula is C15H18O5. The Labute approximate surface area is 117 Å².